The average Bonchev–Trinajstić information content (AvgIpc) is 2.48. The summed E-state index contributed by atoms with van der Waals surface area (Å²) in [4.78, 5) is 26.0. The van der Waals surface area contributed by atoms with E-state index in [-0.39, 0.29) is 11.8 Å². The number of carboxylic acid groups (broad SMARTS) is 1. The number of hydrogen-bond acceptors (Lipinski definition) is 3. The summed E-state index contributed by atoms with van der Waals surface area (Å²) in [5.41, 5.74) is -0.718. The molecule has 0 spiro atoms. The molecule has 2 aliphatic heterocycles. The second-order valence-corrected chi connectivity index (χ2v) is 6.24. The number of carboxylic acids is 1. The topological polar surface area (TPSA) is 69.6 Å². The van der Waals surface area contributed by atoms with E-state index in [2.05, 4.69) is 5.32 Å². The van der Waals surface area contributed by atoms with Crippen molar-refractivity contribution in [3.05, 3.63) is 0 Å². The van der Waals surface area contributed by atoms with Crippen LogP contribution < -0.4 is 5.32 Å². The number of carbonyl (C=O) groups excluding carboxylic acids is 1. The smallest absolute Gasteiger partial charge is 0.311 e. The van der Waals surface area contributed by atoms with Crippen LogP contribution in [0.15, 0.2) is 0 Å². The van der Waals surface area contributed by atoms with E-state index in [1.165, 1.54) is 0 Å². The number of hydrogen-bond donors (Lipinski definition) is 2. The van der Waals surface area contributed by atoms with Crippen LogP contribution in [0.25, 0.3) is 0 Å². The number of nitrogens with zero attached hydrogens (tertiary/aromatic N) is 1. The van der Waals surface area contributed by atoms with Crippen molar-refractivity contribution in [1.29, 1.82) is 0 Å². The second-order valence-electron chi connectivity index (χ2n) is 6.24. The Balaban J connectivity index is 2.04. The quantitative estimate of drug-likeness (QED) is 0.819. The fourth-order valence-electron chi connectivity index (χ4n) is 3.60. The molecule has 114 valence electrons. The number of rotatable bonds is 4. The first-order chi connectivity index (χ1) is 9.59. The van der Waals surface area contributed by atoms with E-state index >= 15 is 0 Å². The Morgan fingerprint density at radius 3 is 2.80 bits per heavy atom. The van der Waals surface area contributed by atoms with Crippen molar-refractivity contribution in [2.75, 3.05) is 26.2 Å². The molecule has 5 heteroatoms. The first-order valence-corrected chi connectivity index (χ1v) is 7.82. The van der Waals surface area contributed by atoms with Crippen molar-refractivity contribution in [1.82, 2.24) is 10.2 Å². The molecular weight excluding hydrogens is 256 g/mol. The molecule has 2 N–H and O–H groups in total. The molecule has 2 heterocycles. The number of aliphatic carboxylic acids is 1. The maximum absolute atomic E-state index is 12.6. The molecule has 20 heavy (non-hydrogen) atoms. The summed E-state index contributed by atoms with van der Waals surface area (Å²) in [6.07, 6.45) is 4.97. The van der Waals surface area contributed by atoms with E-state index in [0.717, 1.165) is 38.8 Å². The van der Waals surface area contributed by atoms with Crippen LogP contribution in [0.4, 0.5) is 0 Å². The Morgan fingerprint density at radius 1 is 1.40 bits per heavy atom. The summed E-state index contributed by atoms with van der Waals surface area (Å²) in [5.74, 6) is -0.549. The van der Waals surface area contributed by atoms with E-state index in [0.29, 0.717) is 25.9 Å². The lowest BCUT2D eigenvalue weighted by molar-refractivity contribution is -0.156. The van der Waals surface area contributed by atoms with E-state index < -0.39 is 11.4 Å². The van der Waals surface area contributed by atoms with Gasteiger partial charge in [0.1, 0.15) is 0 Å². The molecule has 2 aliphatic rings. The SMILES string of the molecule is CCCC1(C(=O)O)CCCN(C(=O)C2CCCNC2)C1. The maximum atomic E-state index is 12.6. The molecule has 0 bridgehead atoms. The van der Waals surface area contributed by atoms with Crippen molar-refractivity contribution < 1.29 is 14.7 Å². The number of piperidine rings is 2. The largest absolute Gasteiger partial charge is 0.481 e. The highest BCUT2D eigenvalue weighted by atomic mass is 16.4. The van der Waals surface area contributed by atoms with Crippen LogP contribution in [0.2, 0.25) is 0 Å². The van der Waals surface area contributed by atoms with Gasteiger partial charge in [-0.25, -0.2) is 0 Å². The summed E-state index contributed by atoms with van der Waals surface area (Å²) in [7, 11) is 0. The predicted molar refractivity (Wildman–Crippen MR) is 76.4 cm³/mol. The van der Waals surface area contributed by atoms with E-state index in [9.17, 15) is 14.7 Å². The Bertz CT molecular complexity index is 362. The molecule has 0 saturated carbocycles. The Morgan fingerprint density at radius 2 is 2.20 bits per heavy atom. The lowest BCUT2D eigenvalue weighted by Gasteiger charge is -2.41. The standard InChI is InChI=1S/C15H26N2O3/c1-2-6-15(14(19)20)7-4-9-17(11-15)13(18)12-5-3-8-16-10-12/h12,16H,2-11H2,1H3,(H,19,20). The minimum atomic E-state index is -0.737. The molecule has 2 unspecified atom stereocenters. The van der Waals surface area contributed by atoms with Gasteiger partial charge in [-0.15, -0.1) is 0 Å². The highest BCUT2D eigenvalue weighted by Crippen LogP contribution is 2.35. The average molecular weight is 282 g/mol. The molecule has 0 aromatic rings. The molecule has 1 amide bonds. The molecule has 0 aromatic heterocycles. The van der Waals surface area contributed by atoms with Gasteiger partial charge in [0.05, 0.1) is 11.3 Å². The van der Waals surface area contributed by atoms with Crippen molar-refractivity contribution in [2.24, 2.45) is 11.3 Å². The summed E-state index contributed by atoms with van der Waals surface area (Å²) >= 11 is 0. The van der Waals surface area contributed by atoms with Crippen LogP contribution in [0.5, 0.6) is 0 Å². The van der Waals surface area contributed by atoms with Gasteiger partial charge in [-0.3, -0.25) is 9.59 Å². The molecule has 2 saturated heterocycles. The highest BCUT2D eigenvalue weighted by molar-refractivity contribution is 5.81. The zero-order chi connectivity index (χ0) is 14.6. The normalized spacial score (nSPS) is 31.1. The van der Waals surface area contributed by atoms with E-state index in [1.807, 2.05) is 11.8 Å². The number of carbonyl (C=O) groups is 2. The Kier molecular flexibility index (Phi) is 5.02. The zero-order valence-corrected chi connectivity index (χ0v) is 12.4. The third-order valence-electron chi connectivity index (χ3n) is 4.72. The molecular formula is C15H26N2O3. The first kappa shape index (κ1) is 15.3. The second kappa shape index (κ2) is 6.57. The number of nitrogens with one attached hydrogen (secondary N) is 1. The van der Waals surface area contributed by atoms with Gasteiger partial charge in [0, 0.05) is 19.6 Å². The van der Waals surface area contributed by atoms with Crippen LogP contribution in [0, 0.1) is 11.3 Å². The van der Waals surface area contributed by atoms with Crippen molar-refractivity contribution in [3.63, 3.8) is 0 Å². The van der Waals surface area contributed by atoms with Gasteiger partial charge in [-0.2, -0.15) is 0 Å². The van der Waals surface area contributed by atoms with Gasteiger partial charge in [0.15, 0.2) is 0 Å². The minimum Gasteiger partial charge on any atom is -0.481 e. The van der Waals surface area contributed by atoms with Gasteiger partial charge in [0.2, 0.25) is 5.91 Å². The third-order valence-corrected chi connectivity index (χ3v) is 4.72. The summed E-state index contributed by atoms with van der Waals surface area (Å²) in [6.45, 7) is 4.85. The van der Waals surface area contributed by atoms with Crippen LogP contribution in [0.1, 0.15) is 45.4 Å². The predicted octanol–water partition coefficient (Wildman–Crippen LogP) is 1.48. The van der Waals surface area contributed by atoms with Crippen LogP contribution in [0.3, 0.4) is 0 Å². The molecule has 2 fully saturated rings. The molecule has 0 radical (unpaired) electrons. The molecule has 0 aliphatic carbocycles. The highest BCUT2D eigenvalue weighted by Gasteiger charge is 2.43. The summed E-state index contributed by atoms with van der Waals surface area (Å²) in [5, 5.41) is 12.8. The van der Waals surface area contributed by atoms with Gasteiger partial charge in [0.25, 0.3) is 0 Å². The Labute approximate surface area is 120 Å². The van der Waals surface area contributed by atoms with Crippen LogP contribution in [-0.4, -0.2) is 48.1 Å². The van der Waals surface area contributed by atoms with Gasteiger partial charge in [-0.1, -0.05) is 13.3 Å². The van der Waals surface area contributed by atoms with E-state index in [4.69, 9.17) is 0 Å². The minimum absolute atomic E-state index is 0.0370. The monoisotopic (exact) mass is 282 g/mol. The molecule has 0 aromatic carbocycles. The summed E-state index contributed by atoms with van der Waals surface area (Å²) in [6, 6.07) is 0. The fourth-order valence-corrected chi connectivity index (χ4v) is 3.60. The Hall–Kier alpha value is -1.10. The van der Waals surface area contributed by atoms with E-state index in [1.54, 1.807) is 0 Å². The molecule has 2 rings (SSSR count). The van der Waals surface area contributed by atoms with Gasteiger partial charge in [-0.05, 0) is 38.6 Å². The van der Waals surface area contributed by atoms with Crippen LogP contribution in [-0.2, 0) is 9.59 Å². The van der Waals surface area contributed by atoms with Gasteiger partial charge >= 0.3 is 5.97 Å². The number of amides is 1. The van der Waals surface area contributed by atoms with Crippen molar-refractivity contribution in [2.45, 2.75) is 45.4 Å². The number of likely N-dealkylation sites (tertiary alicyclic amines) is 1. The molecule has 5 nitrogen and oxygen atoms in total. The van der Waals surface area contributed by atoms with Crippen molar-refractivity contribution >= 4 is 11.9 Å². The molecule has 2 atom stereocenters. The summed E-state index contributed by atoms with van der Waals surface area (Å²) < 4.78 is 0. The van der Waals surface area contributed by atoms with Gasteiger partial charge < -0.3 is 15.3 Å². The zero-order valence-electron chi connectivity index (χ0n) is 12.4. The first-order valence-electron chi connectivity index (χ1n) is 7.82. The fraction of sp³-hybridized carbons (Fsp3) is 0.867. The lowest BCUT2D eigenvalue weighted by atomic mass is 9.76. The van der Waals surface area contributed by atoms with Crippen molar-refractivity contribution in [3.8, 4) is 0 Å². The third kappa shape index (κ3) is 3.14. The lowest BCUT2D eigenvalue weighted by Crippen LogP contribution is -2.52. The van der Waals surface area contributed by atoms with Crippen LogP contribution >= 0.6 is 0 Å². The maximum Gasteiger partial charge on any atom is 0.311 e.